The summed E-state index contributed by atoms with van der Waals surface area (Å²) in [6, 6.07) is 2.21. The number of carbonyl (C=O) groups is 1. The van der Waals surface area contributed by atoms with Crippen LogP contribution in [0.15, 0.2) is 12.2 Å². The van der Waals surface area contributed by atoms with Crippen LogP contribution in [0.4, 0.5) is 0 Å². The predicted molar refractivity (Wildman–Crippen MR) is 120 cm³/mol. The van der Waals surface area contributed by atoms with Crippen LogP contribution < -0.4 is 0 Å². The second kappa shape index (κ2) is 20.9. The third-order valence-corrected chi connectivity index (χ3v) is 5.72. The lowest BCUT2D eigenvalue weighted by Crippen LogP contribution is -2.21. The minimum absolute atomic E-state index is 0.165. The molecule has 0 N–H and O–H groups in total. The summed E-state index contributed by atoms with van der Waals surface area (Å²) in [6.45, 7) is 7.43. The Hall–Kier alpha value is -0.830. The van der Waals surface area contributed by atoms with E-state index >= 15 is 0 Å². The van der Waals surface area contributed by atoms with Crippen molar-refractivity contribution in [2.75, 3.05) is 19.0 Å². The molecule has 0 amide bonds. The normalized spacial score (nSPS) is 12.5. The van der Waals surface area contributed by atoms with Crippen molar-refractivity contribution in [1.82, 2.24) is 0 Å². The maximum atomic E-state index is 12.0. The zero-order valence-electron chi connectivity index (χ0n) is 18.3. The number of Topliss-reactive ketones (excluding diaryl/α,β-unsaturated/α-hetero) is 1. The molecule has 0 aliphatic carbocycles. The third kappa shape index (κ3) is 17.3. The van der Waals surface area contributed by atoms with Crippen molar-refractivity contribution in [3.63, 3.8) is 0 Å². The summed E-state index contributed by atoms with van der Waals surface area (Å²) >= 11 is 1.85. The molecule has 0 spiro atoms. The van der Waals surface area contributed by atoms with Crippen molar-refractivity contribution in [2.24, 2.45) is 0 Å². The van der Waals surface area contributed by atoms with Crippen LogP contribution in [-0.4, -0.2) is 36.3 Å². The van der Waals surface area contributed by atoms with Gasteiger partial charge >= 0.3 is 0 Å². The van der Waals surface area contributed by atoms with Gasteiger partial charge in [-0.3, -0.25) is 4.79 Å². The summed E-state index contributed by atoms with van der Waals surface area (Å²) in [6.07, 6.45) is 14.8. The van der Waals surface area contributed by atoms with Crippen LogP contribution in [-0.2, 0) is 14.3 Å². The molecular formula is C23H41NO3S. The molecule has 0 saturated carbocycles. The SMILES string of the molecule is CCCCCC(=O)CC=CC(CCCCCCC#N)SCC(OCC)OCC. The largest absolute Gasteiger partial charge is 0.352 e. The van der Waals surface area contributed by atoms with Crippen LogP contribution in [0.2, 0.25) is 0 Å². The highest BCUT2D eigenvalue weighted by Crippen LogP contribution is 2.22. The van der Waals surface area contributed by atoms with Gasteiger partial charge in [-0.1, -0.05) is 51.2 Å². The number of nitrogens with zero attached hydrogens (tertiary/aromatic N) is 1. The van der Waals surface area contributed by atoms with Gasteiger partial charge in [0.1, 0.15) is 5.78 Å². The number of ether oxygens (including phenoxy) is 2. The van der Waals surface area contributed by atoms with Gasteiger partial charge in [-0.05, 0) is 33.1 Å². The van der Waals surface area contributed by atoms with Crippen molar-refractivity contribution in [3.8, 4) is 6.07 Å². The summed E-state index contributed by atoms with van der Waals surface area (Å²) in [4.78, 5) is 12.0. The molecule has 0 aliphatic heterocycles. The molecule has 4 nitrogen and oxygen atoms in total. The van der Waals surface area contributed by atoms with Crippen molar-refractivity contribution < 1.29 is 14.3 Å². The molecule has 1 unspecified atom stereocenters. The number of ketones is 1. The highest BCUT2D eigenvalue weighted by atomic mass is 32.2. The molecule has 0 rings (SSSR count). The molecule has 0 aromatic carbocycles. The number of hydrogen-bond donors (Lipinski definition) is 0. The number of allylic oxidation sites excluding steroid dienone is 1. The fourth-order valence-electron chi connectivity index (χ4n) is 2.88. The van der Waals surface area contributed by atoms with Gasteiger partial charge in [0, 0.05) is 43.5 Å². The predicted octanol–water partition coefficient (Wildman–Crippen LogP) is 6.45. The Balaban J connectivity index is 4.41. The Morgan fingerprint density at radius 3 is 2.39 bits per heavy atom. The van der Waals surface area contributed by atoms with Gasteiger partial charge < -0.3 is 9.47 Å². The number of unbranched alkanes of at least 4 members (excludes halogenated alkanes) is 6. The Morgan fingerprint density at radius 2 is 1.75 bits per heavy atom. The third-order valence-electron chi connectivity index (χ3n) is 4.43. The van der Waals surface area contributed by atoms with Crippen LogP contribution >= 0.6 is 11.8 Å². The topological polar surface area (TPSA) is 59.3 Å². The molecule has 0 radical (unpaired) electrons. The van der Waals surface area contributed by atoms with E-state index in [1.807, 2.05) is 25.6 Å². The zero-order chi connectivity index (χ0) is 20.9. The lowest BCUT2D eigenvalue weighted by molar-refractivity contribution is -0.120. The fraction of sp³-hybridized carbons (Fsp3) is 0.826. The van der Waals surface area contributed by atoms with Crippen LogP contribution in [0, 0.1) is 11.3 Å². The summed E-state index contributed by atoms with van der Waals surface area (Å²) in [7, 11) is 0. The molecular weight excluding hydrogens is 370 g/mol. The molecule has 0 aliphatic rings. The lowest BCUT2D eigenvalue weighted by atomic mass is 10.1. The first kappa shape index (κ1) is 27.2. The van der Waals surface area contributed by atoms with E-state index in [4.69, 9.17) is 14.7 Å². The summed E-state index contributed by atoms with van der Waals surface area (Å²) in [5.41, 5.74) is 0. The van der Waals surface area contributed by atoms with Crippen molar-refractivity contribution in [1.29, 1.82) is 5.26 Å². The number of rotatable bonds is 20. The van der Waals surface area contributed by atoms with Crippen LogP contribution in [0.1, 0.15) is 91.4 Å². The molecule has 162 valence electrons. The van der Waals surface area contributed by atoms with E-state index < -0.39 is 0 Å². The highest BCUT2D eigenvalue weighted by molar-refractivity contribution is 8.00. The van der Waals surface area contributed by atoms with E-state index in [1.54, 1.807) is 0 Å². The average molecular weight is 412 g/mol. The Morgan fingerprint density at radius 1 is 1.04 bits per heavy atom. The summed E-state index contributed by atoms with van der Waals surface area (Å²) < 4.78 is 11.3. The van der Waals surface area contributed by atoms with E-state index in [0.29, 0.717) is 43.5 Å². The summed E-state index contributed by atoms with van der Waals surface area (Å²) in [5, 5.41) is 8.99. The highest BCUT2D eigenvalue weighted by Gasteiger charge is 2.13. The van der Waals surface area contributed by atoms with E-state index in [0.717, 1.165) is 57.1 Å². The molecule has 0 aromatic heterocycles. The first-order valence-corrected chi connectivity index (χ1v) is 12.1. The molecule has 0 saturated heterocycles. The maximum absolute atomic E-state index is 12.0. The first-order chi connectivity index (χ1) is 13.7. The maximum Gasteiger partial charge on any atom is 0.166 e. The van der Waals surface area contributed by atoms with Gasteiger partial charge in [-0.25, -0.2) is 0 Å². The quantitative estimate of drug-likeness (QED) is 0.131. The second-order valence-corrected chi connectivity index (χ2v) is 8.22. The van der Waals surface area contributed by atoms with Crippen LogP contribution in [0.5, 0.6) is 0 Å². The van der Waals surface area contributed by atoms with Gasteiger partial charge in [0.2, 0.25) is 0 Å². The molecule has 0 heterocycles. The first-order valence-electron chi connectivity index (χ1n) is 11.1. The smallest absolute Gasteiger partial charge is 0.166 e. The van der Waals surface area contributed by atoms with E-state index in [1.165, 1.54) is 0 Å². The standard InChI is InChI=1S/C23H41NO3S/c1-4-7-11-15-21(25)16-14-18-22(17-12-9-8-10-13-19-24)28-20-23(26-5-2)27-6-3/h14,18,22-23H,4-13,15-17,20H2,1-3H3. The molecule has 0 bridgehead atoms. The number of thioether (sulfide) groups is 1. The van der Waals surface area contributed by atoms with Crippen LogP contribution in [0.3, 0.4) is 0 Å². The zero-order valence-corrected chi connectivity index (χ0v) is 19.1. The van der Waals surface area contributed by atoms with Gasteiger partial charge in [-0.2, -0.15) is 5.26 Å². The van der Waals surface area contributed by atoms with Crippen molar-refractivity contribution in [3.05, 3.63) is 12.2 Å². The van der Waals surface area contributed by atoms with Gasteiger partial charge in [0.25, 0.3) is 0 Å². The lowest BCUT2D eigenvalue weighted by Gasteiger charge is -2.19. The molecule has 28 heavy (non-hydrogen) atoms. The fourth-order valence-corrected chi connectivity index (χ4v) is 4.03. The van der Waals surface area contributed by atoms with Gasteiger partial charge in [0.15, 0.2) is 6.29 Å². The minimum atomic E-state index is -0.165. The van der Waals surface area contributed by atoms with Crippen LogP contribution in [0.25, 0.3) is 0 Å². The molecule has 5 heteroatoms. The average Bonchev–Trinajstić information content (AvgIpc) is 2.68. The molecule has 0 aromatic rings. The second-order valence-electron chi connectivity index (χ2n) is 6.95. The van der Waals surface area contributed by atoms with E-state index in [2.05, 4.69) is 25.1 Å². The monoisotopic (exact) mass is 411 g/mol. The van der Waals surface area contributed by atoms with E-state index in [-0.39, 0.29) is 6.29 Å². The van der Waals surface area contributed by atoms with Gasteiger partial charge in [-0.15, -0.1) is 11.8 Å². The summed E-state index contributed by atoms with van der Waals surface area (Å²) in [5.74, 6) is 1.14. The minimum Gasteiger partial charge on any atom is -0.352 e. The molecule has 0 fully saturated rings. The Labute approximate surface area is 177 Å². The molecule has 1 atom stereocenters. The van der Waals surface area contributed by atoms with Gasteiger partial charge in [0.05, 0.1) is 6.07 Å². The number of hydrogen-bond acceptors (Lipinski definition) is 5. The van der Waals surface area contributed by atoms with Crippen molar-refractivity contribution >= 4 is 17.5 Å². The van der Waals surface area contributed by atoms with Crippen molar-refractivity contribution in [2.45, 2.75) is 103 Å². The number of carbonyl (C=O) groups excluding carboxylic acids is 1. The Bertz CT molecular complexity index is 428. The number of nitriles is 1. The Kier molecular flexibility index (Phi) is 20.3. The van der Waals surface area contributed by atoms with E-state index in [9.17, 15) is 4.79 Å².